The number of aryl methyl sites for hydroxylation is 1. The molecule has 0 aliphatic rings. The molecule has 0 bridgehead atoms. The Morgan fingerprint density at radius 2 is 1.81 bits per heavy atom. The molecule has 4 heteroatoms. The third kappa shape index (κ3) is 4.43. The van der Waals surface area contributed by atoms with Gasteiger partial charge in [-0.1, -0.05) is 24.3 Å². The van der Waals surface area contributed by atoms with E-state index in [9.17, 15) is 8.78 Å². The summed E-state index contributed by atoms with van der Waals surface area (Å²) < 4.78 is 31.8. The van der Waals surface area contributed by atoms with E-state index in [1.165, 1.54) is 6.07 Å². The molecule has 112 valence electrons. The van der Waals surface area contributed by atoms with E-state index in [0.29, 0.717) is 18.4 Å². The summed E-state index contributed by atoms with van der Waals surface area (Å²) in [5, 5.41) is -0.233. The summed E-state index contributed by atoms with van der Waals surface area (Å²) in [6.45, 7) is 0. The zero-order valence-electron chi connectivity index (χ0n) is 11.8. The minimum atomic E-state index is -0.827. The lowest BCUT2D eigenvalue weighted by Gasteiger charge is -2.11. The van der Waals surface area contributed by atoms with Crippen LogP contribution in [-0.4, -0.2) is 12.5 Å². The Hall–Kier alpha value is -1.61. The van der Waals surface area contributed by atoms with E-state index in [1.54, 1.807) is 13.2 Å². The first-order valence-corrected chi connectivity index (χ1v) is 7.23. The van der Waals surface area contributed by atoms with Gasteiger partial charge in [0.05, 0.1) is 7.11 Å². The van der Waals surface area contributed by atoms with Crippen LogP contribution < -0.4 is 4.74 Å². The second-order valence-corrected chi connectivity index (χ2v) is 5.52. The highest BCUT2D eigenvalue weighted by atomic mass is 35.5. The minimum Gasteiger partial charge on any atom is -0.497 e. The Balaban J connectivity index is 1.89. The van der Waals surface area contributed by atoms with Crippen molar-refractivity contribution < 1.29 is 13.5 Å². The second-order valence-electron chi connectivity index (χ2n) is 4.90. The lowest BCUT2D eigenvalue weighted by Crippen LogP contribution is -2.07. The normalized spacial score (nSPS) is 12.2. The van der Waals surface area contributed by atoms with Crippen molar-refractivity contribution in [3.63, 3.8) is 0 Å². The van der Waals surface area contributed by atoms with Crippen LogP contribution in [0.5, 0.6) is 5.75 Å². The van der Waals surface area contributed by atoms with E-state index in [4.69, 9.17) is 16.3 Å². The van der Waals surface area contributed by atoms with Crippen molar-refractivity contribution in [2.24, 2.45) is 0 Å². The van der Waals surface area contributed by atoms with E-state index in [1.807, 2.05) is 24.3 Å². The summed E-state index contributed by atoms with van der Waals surface area (Å²) in [4.78, 5) is 0. The minimum absolute atomic E-state index is 0.233. The summed E-state index contributed by atoms with van der Waals surface area (Å²) in [5.74, 6) is -0.817. The van der Waals surface area contributed by atoms with Crippen molar-refractivity contribution in [3.8, 4) is 5.75 Å². The van der Waals surface area contributed by atoms with Gasteiger partial charge < -0.3 is 4.74 Å². The average Bonchev–Trinajstić information content (AvgIpc) is 2.50. The van der Waals surface area contributed by atoms with Crippen molar-refractivity contribution >= 4 is 11.6 Å². The fourth-order valence-corrected chi connectivity index (χ4v) is 2.44. The van der Waals surface area contributed by atoms with Gasteiger partial charge in [-0.2, -0.15) is 0 Å². The smallest absolute Gasteiger partial charge is 0.162 e. The predicted molar refractivity (Wildman–Crippen MR) is 81.0 cm³/mol. The van der Waals surface area contributed by atoms with Gasteiger partial charge in [-0.3, -0.25) is 0 Å². The zero-order valence-corrected chi connectivity index (χ0v) is 12.5. The van der Waals surface area contributed by atoms with Crippen molar-refractivity contribution in [2.45, 2.75) is 24.6 Å². The molecular formula is C17H17ClF2O. The van der Waals surface area contributed by atoms with Gasteiger partial charge in [0.15, 0.2) is 11.6 Å². The summed E-state index contributed by atoms with van der Waals surface area (Å²) in [6.07, 6.45) is 1.81. The third-order valence-corrected chi connectivity index (χ3v) is 3.75. The van der Waals surface area contributed by atoms with Crippen LogP contribution in [0.1, 0.15) is 17.5 Å². The fourth-order valence-electron chi connectivity index (χ4n) is 2.16. The van der Waals surface area contributed by atoms with Crippen LogP contribution in [0.15, 0.2) is 42.5 Å². The molecule has 0 radical (unpaired) electrons. The van der Waals surface area contributed by atoms with Crippen LogP contribution in [0.4, 0.5) is 8.78 Å². The molecule has 0 fully saturated rings. The Kier molecular flexibility index (Phi) is 5.57. The quantitative estimate of drug-likeness (QED) is 0.699. The number of hydrogen-bond donors (Lipinski definition) is 0. The van der Waals surface area contributed by atoms with E-state index in [0.717, 1.165) is 23.8 Å². The molecule has 0 aliphatic carbocycles. The number of alkyl halides is 1. The highest BCUT2D eigenvalue weighted by molar-refractivity contribution is 6.20. The topological polar surface area (TPSA) is 9.23 Å². The van der Waals surface area contributed by atoms with Gasteiger partial charge in [-0.15, -0.1) is 11.6 Å². The molecule has 0 aliphatic heterocycles. The highest BCUT2D eigenvalue weighted by Gasteiger charge is 2.12. The van der Waals surface area contributed by atoms with Crippen molar-refractivity contribution in [1.29, 1.82) is 0 Å². The Morgan fingerprint density at radius 1 is 1.10 bits per heavy atom. The molecule has 0 heterocycles. The van der Waals surface area contributed by atoms with E-state index in [2.05, 4.69) is 0 Å². The van der Waals surface area contributed by atoms with Crippen LogP contribution in [0.25, 0.3) is 0 Å². The number of methoxy groups -OCH3 is 1. The predicted octanol–water partition coefficient (Wildman–Crippen LogP) is 4.76. The van der Waals surface area contributed by atoms with Gasteiger partial charge in [0, 0.05) is 5.38 Å². The zero-order chi connectivity index (χ0) is 15.2. The van der Waals surface area contributed by atoms with Crippen LogP contribution in [0, 0.1) is 11.6 Å². The van der Waals surface area contributed by atoms with Crippen molar-refractivity contribution in [3.05, 3.63) is 65.2 Å². The SMILES string of the molecule is COc1ccc(CCC(Cl)Cc2cccc(F)c2F)cc1. The lowest BCUT2D eigenvalue weighted by molar-refractivity contribution is 0.414. The number of benzene rings is 2. The molecule has 0 N–H and O–H groups in total. The molecule has 1 unspecified atom stereocenters. The summed E-state index contributed by atoms with van der Waals surface area (Å²) in [5.41, 5.74) is 1.46. The molecule has 0 saturated carbocycles. The van der Waals surface area contributed by atoms with Crippen molar-refractivity contribution in [2.75, 3.05) is 7.11 Å². The van der Waals surface area contributed by atoms with Crippen LogP contribution in [-0.2, 0) is 12.8 Å². The van der Waals surface area contributed by atoms with Crippen LogP contribution >= 0.6 is 11.6 Å². The van der Waals surface area contributed by atoms with Gasteiger partial charge >= 0.3 is 0 Å². The molecule has 0 spiro atoms. The molecule has 2 aromatic carbocycles. The first-order chi connectivity index (χ1) is 10.1. The summed E-state index contributed by atoms with van der Waals surface area (Å²) in [7, 11) is 1.62. The number of ether oxygens (including phenoxy) is 1. The van der Waals surface area contributed by atoms with Gasteiger partial charge in [-0.25, -0.2) is 8.78 Å². The summed E-state index contributed by atoms with van der Waals surface area (Å²) >= 11 is 6.23. The molecule has 0 saturated heterocycles. The monoisotopic (exact) mass is 310 g/mol. The van der Waals surface area contributed by atoms with Gasteiger partial charge in [0.25, 0.3) is 0 Å². The molecule has 21 heavy (non-hydrogen) atoms. The number of hydrogen-bond acceptors (Lipinski definition) is 1. The van der Waals surface area contributed by atoms with Gasteiger partial charge in [0.2, 0.25) is 0 Å². The molecule has 1 nitrogen and oxygen atoms in total. The first-order valence-electron chi connectivity index (χ1n) is 6.80. The molecule has 1 atom stereocenters. The molecule has 2 rings (SSSR count). The fraction of sp³-hybridized carbons (Fsp3) is 0.294. The maximum Gasteiger partial charge on any atom is 0.162 e. The highest BCUT2D eigenvalue weighted by Crippen LogP contribution is 2.19. The standard InChI is InChI=1S/C17H17ClF2O/c1-21-15-9-6-12(7-10-15)5-8-14(18)11-13-3-2-4-16(19)17(13)20/h2-4,6-7,9-10,14H,5,8,11H2,1H3. The van der Waals surface area contributed by atoms with E-state index < -0.39 is 11.6 Å². The van der Waals surface area contributed by atoms with Crippen molar-refractivity contribution in [1.82, 2.24) is 0 Å². The van der Waals surface area contributed by atoms with E-state index >= 15 is 0 Å². The van der Waals surface area contributed by atoms with Crippen LogP contribution in [0.2, 0.25) is 0 Å². The van der Waals surface area contributed by atoms with Gasteiger partial charge in [0.1, 0.15) is 5.75 Å². The summed E-state index contributed by atoms with van der Waals surface area (Å²) in [6, 6.07) is 11.9. The first kappa shape index (κ1) is 15.8. The number of halogens is 3. The Morgan fingerprint density at radius 3 is 2.48 bits per heavy atom. The maximum absolute atomic E-state index is 13.6. The average molecular weight is 311 g/mol. The largest absolute Gasteiger partial charge is 0.497 e. The number of rotatable bonds is 6. The Labute approximate surface area is 128 Å². The second kappa shape index (κ2) is 7.41. The molecular weight excluding hydrogens is 294 g/mol. The third-order valence-electron chi connectivity index (χ3n) is 3.38. The van der Waals surface area contributed by atoms with Gasteiger partial charge in [-0.05, 0) is 48.6 Å². The Bertz CT molecular complexity index is 584. The van der Waals surface area contributed by atoms with Crippen LogP contribution in [0.3, 0.4) is 0 Å². The van der Waals surface area contributed by atoms with E-state index in [-0.39, 0.29) is 5.38 Å². The maximum atomic E-state index is 13.6. The molecule has 0 aromatic heterocycles. The molecule has 0 amide bonds. The molecule has 2 aromatic rings. The lowest BCUT2D eigenvalue weighted by atomic mass is 10.0.